The second kappa shape index (κ2) is 10.4. The molecule has 1 N–H and O–H groups in total. The van der Waals surface area contributed by atoms with Gasteiger partial charge in [-0.15, -0.1) is 0 Å². The van der Waals surface area contributed by atoms with Gasteiger partial charge >= 0.3 is 0 Å². The molecule has 0 saturated heterocycles. The van der Waals surface area contributed by atoms with Crippen LogP contribution in [0.5, 0.6) is 5.75 Å². The Labute approximate surface area is 221 Å². The van der Waals surface area contributed by atoms with Gasteiger partial charge in [0.2, 0.25) is 0 Å². The van der Waals surface area contributed by atoms with Crippen molar-refractivity contribution in [3.05, 3.63) is 93.0 Å². The first-order chi connectivity index (χ1) is 17.0. The molecule has 0 aliphatic carbocycles. The van der Waals surface area contributed by atoms with Crippen LogP contribution in [0.1, 0.15) is 53.8 Å². The Morgan fingerprint density at radius 2 is 1.67 bits per heavy atom. The molecule has 0 radical (unpaired) electrons. The lowest BCUT2D eigenvalue weighted by atomic mass is 9.87. The molecule has 188 valence electrons. The maximum atomic E-state index is 12.9. The van der Waals surface area contributed by atoms with Crippen LogP contribution < -0.4 is 10.1 Å². The Hall–Kier alpha value is -3.29. The number of benzene rings is 2. The number of rotatable bonds is 7. The topological polar surface area (TPSA) is 74.0 Å². The Kier molecular flexibility index (Phi) is 7.43. The van der Waals surface area contributed by atoms with E-state index in [1.807, 2.05) is 26.0 Å². The number of aromatic nitrogens is 4. The molecule has 4 aromatic rings. The number of hydrogen-bond donors (Lipinski definition) is 1. The van der Waals surface area contributed by atoms with E-state index in [1.54, 1.807) is 39.8 Å². The summed E-state index contributed by atoms with van der Waals surface area (Å²) < 4.78 is 9.17. The Morgan fingerprint density at radius 3 is 2.31 bits per heavy atom. The molecule has 2 aromatic carbocycles. The lowest BCUT2D eigenvalue weighted by Gasteiger charge is -2.19. The van der Waals surface area contributed by atoms with E-state index >= 15 is 0 Å². The van der Waals surface area contributed by atoms with Gasteiger partial charge in [0.15, 0.2) is 12.4 Å². The van der Waals surface area contributed by atoms with E-state index in [9.17, 15) is 4.79 Å². The van der Waals surface area contributed by atoms with Gasteiger partial charge < -0.3 is 10.1 Å². The number of hydrogen-bond acceptors (Lipinski definition) is 4. The highest BCUT2D eigenvalue weighted by atomic mass is 35.5. The minimum Gasteiger partial charge on any atom is -0.471 e. The second-order valence-corrected chi connectivity index (χ2v) is 10.5. The minimum absolute atomic E-state index is 0.0810. The summed E-state index contributed by atoms with van der Waals surface area (Å²) in [6.45, 7) is 10.8. The van der Waals surface area contributed by atoms with Crippen molar-refractivity contribution < 1.29 is 9.53 Å². The highest BCUT2D eigenvalue weighted by Gasteiger charge is 2.18. The van der Waals surface area contributed by atoms with Gasteiger partial charge in [0.05, 0.1) is 23.6 Å². The number of aryl methyl sites for hydroxylation is 1. The zero-order chi connectivity index (χ0) is 26.0. The number of halogens is 2. The lowest BCUT2D eigenvalue weighted by molar-refractivity contribution is 0.102. The number of nitrogens with one attached hydrogen (secondary N) is 1. The predicted molar refractivity (Wildman–Crippen MR) is 143 cm³/mol. The summed E-state index contributed by atoms with van der Waals surface area (Å²) in [6.07, 6.45) is 1.71. The summed E-state index contributed by atoms with van der Waals surface area (Å²) in [4.78, 5) is 12.9. The van der Waals surface area contributed by atoms with Gasteiger partial charge in [-0.25, -0.2) is 4.68 Å². The van der Waals surface area contributed by atoms with Gasteiger partial charge in [0, 0.05) is 21.8 Å². The fraction of sp³-hybridized carbons (Fsp3) is 0.296. The van der Waals surface area contributed by atoms with Crippen molar-refractivity contribution in [1.29, 1.82) is 0 Å². The molecule has 9 heteroatoms. The number of carbonyl (C=O) groups is 1. The number of amides is 1. The average molecular weight is 526 g/mol. The molecule has 0 saturated carbocycles. The molecule has 1 amide bonds. The fourth-order valence-electron chi connectivity index (χ4n) is 3.79. The van der Waals surface area contributed by atoms with E-state index in [0.717, 1.165) is 17.0 Å². The second-order valence-electron chi connectivity index (χ2n) is 9.65. The highest BCUT2D eigenvalue weighted by Crippen LogP contribution is 2.28. The van der Waals surface area contributed by atoms with Crippen LogP contribution >= 0.6 is 23.2 Å². The first kappa shape index (κ1) is 25.8. The van der Waals surface area contributed by atoms with E-state index < -0.39 is 0 Å². The van der Waals surface area contributed by atoms with Crippen molar-refractivity contribution in [2.24, 2.45) is 0 Å². The Balaban J connectivity index is 1.41. The normalized spacial score (nSPS) is 11.5. The summed E-state index contributed by atoms with van der Waals surface area (Å²) in [5, 5.41) is 13.0. The fourth-order valence-corrected chi connectivity index (χ4v) is 4.31. The molecule has 0 unspecified atom stereocenters. The molecule has 0 fully saturated rings. The third-order valence-electron chi connectivity index (χ3n) is 5.95. The van der Waals surface area contributed by atoms with Crippen molar-refractivity contribution in [2.45, 2.75) is 53.3 Å². The van der Waals surface area contributed by atoms with Crippen molar-refractivity contribution >= 4 is 34.8 Å². The van der Waals surface area contributed by atoms with Crippen LogP contribution in [0.3, 0.4) is 0 Å². The van der Waals surface area contributed by atoms with E-state index in [0.29, 0.717) is 28.0 Å². The standard InChI is InChI=1S/C27H29Cl2N5O2/c1-17-25(18(2)34(31-17)15-21-22(28)7-6-8-23(21)29)30-26(35)24-13-14-33(32-24)16-36-20-11-9-19(10-12-20)27(3,4)5/h6-14H,15-16H2,1-5H3,(H,30,35). The lowest BCUT2D eigenvalue weighted by Crippen LogP contribution is -2.15. The SMILES string of the molecule is Cc1nn(Cc2c(Cl)cccc2Cl)c(C)c1NC(=O)c1ccn(COc2ccc(C(C)(C)C)cc2)n1. The van der Waals surface area contributed by atoms with Crippen LogP contribution in [0.15, 0.2) is 54.7 Å². The molecular formula is C27H29Cl2N5O2. The predicted octanol–water partition coefficient (Wildman–Crippen LogP) is 6.64. The number of carbonyl (C=O) groups excluding carboxylic acids is 1. The Morgan fingerprint density at radius 1 is 1.00 bits per heavy atom. The number of anilines is 1. The molecule has 2 aromatic heterocycles. The van der Waals surface area contributed by atoms with Crippen molar-refractivity contribution in [1.82, 2.24) is 19.6 Å². The van der Waals surface area contributed by atoms with E-state index in [4.69, 9.17) is 27.9 Å². The highest BCUT2D eigenvalue weighted by molar-refractivity contribution is 6.36. The monoisotopic (exact) mass is 525 g/mol. The molecule has 2 heterocycles. The van der Waals surface area contributed by atoms with Crippen LogP contribution in [-0.2, 0) is 18.7 Å². The molecule has 4 rings (SSSR count). The van der Waals surface area contributed by atoms with E-state index in [2.05, 4.69) is 48.4 Å². The van der Waals surface area contributed by atoms with Gasteiger partial charge in [-0.2, -0.15) is 10.2 Å². The number of nitrogens with zero attached hydrogens (tertiary/aromatic N) is 4. The van der Waals surface area contributed by atoms with Crippen LogP contribution in [-0.4, -0.2) is 25.5 Å². The number of ether oxygens (including phenoxy) is 1. The average Bonchev–Trinajstić information content (AvgIpc) is 3.40. The van der Waals surface area contributed by atoms with E-state index in [1.165, 1.54) is 5.56 Å². The minimum atomic E-state index is -0.329. The smallest absolute Gasteiger partial charge is 0.276 e. The van der Waals surface area contributed by atoms with Crippen molar-refractivity contribution in [2.75, 3.05) is 5.32 Å². The van der Waals surface area contributed by atoms with Gasteiger partial charge in [0.25, 0.3) is 5.91 Å². The molecule has 36 heavy (non-hydrogen) atoms. The van der Waals surface area contributed by atoms with Crippen molar-refractivity contribution in [3.8, 4) is 5.75 Å². The van der Waals surface area contributed by atoms with Crippen LogP contribution in [0.2, 0.25) is 10.0 Å². The summed E-state index contributed by atoms with van der Waals surface area (Å²) in [5.41, 5.74) is 4.48. The van der Waals surface area contributed by atoms with Gasteiger partial charge in [-0.05, 0) is 55.2 Å². The van der Waals surface area contributed by atoms with Crippen LogP contribution in [0.4, 0.5) is 5.69 Å². The summed E-state index contributed by atoms with van der Waals surface area (Å²) in [5.74, 6) is 0.409. The first-order valence-electron chi connectivity index (χ1n) is 11.6. The molecule has 0 bridgehead atoms. The van der Waals surface area contributed by atoms with Gasteiger partial charge in [-0.3, -0.25) is 9.48 Å². The maximum absolute atomic E-state index is 12.9. The third-order valence-corrected chi connectivity index (χ3v) is 6.65. The summed E-state index contributed by atoms with van der Waals surface area (Å²) >= 11 is 12.6. The summed E-state index contributed by atoms with van der Waals surface area (Å²) in [6, 6.07) is 15.0. The molecule has 0 aliphatic heterocycles. The molecule has 0 spiro atoms. The van der Waals surface area contributed by atoms with Gasteiger partial charge in [0.1, 0.15) is 5.75 Å². The summed E-state index contributed by atoms with van der Waals surface area (Å²) in [7, 11) is 0. The first-order valence-corrected chi connectivity index (χ1v) is 12.3. The zero-order valence-electron chi connectivity index (χ0n) is 21.0. The van der Waals surface area contributed by atoms with Crippen molar-refractivity contribution in [3.63, 3.8) is 0 Å². The third kappa shape index (κ3) is 5.74. The maximum Gasteiger partial charge on any atom is 0.276 e. The molecule has 0 aliphatic rings. The van der Waals surface area contributed by atoms with Gasteiger partial charge in [-0.1, -0.05) is 62.2 Å². The zero-order valence-corrected chi connectivity index (χ0v) is 22.5. The largest absolute Gasteiger partial charge is 0.471 e. The van der Waals surface area contributed by atoms with Crippen LogP contribution in [0.25, 0.3) is 0 Å². The quantitative estimate of drug-likeness (QED) is 0.293. The van der Waals surface area contributed by atoms with Crippen LogP contribution in [0, 0.1) is 13.8 Å². The van der Waals surface area contributed by atoms with E-state index in [-0.39, 0.29) is 23.7 Å². The molecular weight excluding hydrogens is 497 g/mol. The molecule has 7 nitrogen and oxygen atoms in total. The molecule has 0 atom stereocenters. The Bertz CT molecular complexity index is 1360.